The van der Waals surface area contributed by atoms with Crippen LogP contribution in [-0.4, -0.2) is 66.7 Å². The van der Waals surface area contributed by atoms with Crippen molar-refractivity contribution in [2.45, 2.75) is 64.1 Å². The molecule has 216 valence electrons. The minimum absolute atomic E-state index is 0.00548. The molecule has 2 atom stereocenters. The van der Waals surface area contributed by atoms with E-state index in [0.717, 1.165) is 11.1 Å². The number of hydrogen-bond acceptors (Lipinski definition) is 6. The molecule has 2 N–H and O–H groups in total. The summed E-state index contributed by atoms with van der Waals surface area (Å²) in [7, 11) is 1.22. The lowest BCUT2D eigenvalue weighted by Crippen LogP contribution is -2.53. The number of methoxy groups -OCH3 is 1. The van der Waals surface area contributed by atoms with Crippen LogP contribution in [0.1, 0.15) is 44.7 Å². The average Bonchev–Trinajstić information content (AvgIpc) is 2.92. The maximum absolute atomic E-state index is 13.3. The molecule has 2 aromatic rings. The van der Waals surface area contributed by atoms with Gasteiger partial charge in [0.1, 0.15) is 17.7 Å². The van der Waals surface area contributed by atoms with Crippen LogP contribution in [0, 0.1) is 0 Å². The molecule has 0 radical (unpaired) electrons. The number of carbonyl (C=O) groups is 4. The van der Waals surface area contributed by atoms with E-state index in [4.69, 9.17) is 9.47 Å². The maximum Gasteiger partial charge on any atom is 0.408 e. The van der Waals surface area contributed by atoms with Crippen molar-refractivity contribution in [3.05, 3.63) is 84.4 Å². The summed E-state index contributed by atoms with van der Waals surface area (Å²) in [4.78, 5) is 53.1. The van der Waals surface area contributed by atoms with Crippen LogP contribution in [0.25, 0.3) is 0 Å². The van der Waals surface area contributed by atoms with Gasteiger partial charge in [-0.2, -0.15) is 0 Å². The normalized spacial score (nSPS) is 12.4. The number of hydrogen-bond donors (Lipinski definition) is 2. The molecule has 0 spiro atoms. The van der Waals surface area contributed by atoms with E-state index in [1.165, 1.54) is 7.11 Å². The summed E-state index contributed by atoms with van der Waals surface area (Å²) >= 11 is 0. The van der Waals surface area contributed by atoms with Gasteiger partial charge in [-0.25, -0.2) is 9.59 Å². The molecule has 0 aromatic heterocycles. The zero-order valence-corrected chi connectivity index (χ0v) is 23.9. The van der Waals surface area contributed by atoms with Crippen LogP contribution in [0.5, 0.6) is 0 Å². The highest BCUT2D eigenvalue weighted by Crippen LogP contribution is 2.11. The number of benzene rings is 2. The van der Waals surface area contributed by atoms with Crippen LogP contribution in [0.4, 0.5) is 4.79 Å². The fraction of sp³-hybridized carbons (Fsp3) is 0.419. The number of amides is 3. The molecule has 9 heteroatoms. The fourth-order valence-electron chi connectivity index (χ4n) is 3.98. The Labute approximate surface area is 236 Å². The predicted octanol–water partition coefficient (Wildman–Crippen LogP) is 3.82. The van der Waals surface area contributed by atoms with Crippen molar-refractivity contribution in [2.24, 2.45) is 0 Å². The maximum atomic E-state index is 13.3. The fourth-order valence-corrected chi connectivity index (χ4v) is 3.98. The lowest BCUT2D eigenvalue weighted by Gasteiger charge is -2.25. The van der Waals surface area contributed by atoms with E-state index < -0.39 is 35.7 Å². The summed E-state index contributed by atoms with van der Waals surface area (Å²) in [6.07, 6.45) is 1.78. The Morgan fingerprint density at radius 1 is 0.925 bits per heavy atom. The number of ether oxygens (including phenoxy) is 2. The van der Waals surface area contributed by atoms with E-state index in [1.807, 2.05) is 60.7 Å². The van der Waals surface area contributed by atoms with Crippen LogP contribution in [0.15, 0.2) is 73.3 Å². The first kappa shape index (κ1) is 32.1. The summed E-state index contributed by atoms with van der Waals surface area (Å²) in [6.45, 7) is 9.76. The third-order valence-electron chi connectivity index (χ3n) is 5.95. The second kappa shape index (κ2) is 16.1. The molecular formula is C31H41N3O6. The summed E-state index contributed by atoms with van der Waals surface area (Å²) in [5.41, 5.74) is 1.15. The molecule has 0 fully saturated rings. The van der Waals surface area contributed by atoms with E-state index in [1.54, 1.807) is 31.7 Å². The molecular weight excluding hydrogens is 510 g/mol. The Morgan fingerprint density at radius 3 is 2.08 bits per heavy atom. The van der Waals surface area contributed by atoms with Crippen molar-refractivity contribution < 1.29 is 28.7 Å². The van der Waals surface area contributed by atoms with Crippen LogP contribution in [-0.2, 0) is 36.7 Å². The van der Waals surface area contributed by atoms with Gasteiger partial charge in [0.25, 0.3) is 0 Å². The first-order valence-corrected chi connectivity index (χ1v) is 13.4. The molecule has 3 amide bonds. The van der Waals surface area contributed by atoms with Gasteiger partial charge in [-0.1, -0.05) is 66.7 Å². The second-order valence-electron chi connectivity index (χ2n) is 10.4. The van der Waals surface area contributed by atoms with Crippen LogP contribution in [0.2, 0.25) is 0 Å². The summed E-state index contributed by atoms with van der Waals surface area (Å²) < 4.78 is 10.2. The molecule has 0 aliphatic heterocycles. The summed E-state index contributed by atoms with van der Waals surface area (Å²) in [5.74, 6) is -1.45. The number of nitrogens with zero attached hydrogens (tertiary/aromatic N) is 1. The Morgan fingerprint density at radius 2 is 1.52 bits per heavy atom. The lowest BCUT2D eigenvalue weighted by molar-refractivity contribution is -0.145. The molecule has 0 bridgehead atoms. The first-order chi connectivity index (χ1) is 19.0. The van der Waals surface area contributed by atoms with Crippen LogP contribution < -0.4 is 10.6 Å². The Balaban J connectivity index is 2.09. The van der Waals surface area contributed by atoms with Gasteiger partial charge in [-0.3, -0.25) is 9.59 Å². The molecule has 0 saturated heterocycles. The highest BCUT2D eigenvalue weighted by molar-refractivity contribution is 5.90. The second-order valence-corrected chi connectivity index (χ2v) is 10.4. The van der Waals surface area contributed by atoms with Crippen molar-refractivity contribution in [3.63, 3.8) is 0 Å². The Bertz CT molecular complexity index is 1110. The molecule has 9 nitrogen and oxygen atoms in total. The number of rotatable bonds is 14. The van der Waals surface area contributed by atoms with Crippen molar-refractivity contribution in [3.8, 4) is 0 Å². The molecule has 2 rings (SSSR count). The minimum Gasteiger partial charge on any atom is -0.467 e. The Hall–Kier alpha value is -4.14. The number of carbonyl (C=O) groups excluding carboxylic acids is 4. The van der Waals surface area contributed by atoms with E-state index >= 15 is 0 Å². The zero-order valence-electron chi connectivity index (χ0n) is 23.9. The summed E-state index contributed by atoms with van der Waals surface area (Å²) in [6, 6.07) is 16.9. The molecule has 2 unspecified atom stereocenters. The standard InChI is InChI=1S/C31H41N3O6/c1-6-20-34(21-19-23-13-9-7-10-14-23)27(35)18-17-25(29(37)39-5)32-28(36)26(22-24-15-11-8-12-16-24)33-30(38)40-31(2,3)4/h6-16,25-26H,1,17-22H2,2-5H3,(H,32,36)(H,33,38). The molecule has 40 heavy (non-hydrogen) atoms. The largest absolute Gasteiger partial charge is 0.467 e. The summed E-state index contributed by atoms with van der Waals surface area (Å²) in [5, 5.41) is 5.27. The SMILES string of the molecule is C=CCN(CCc1ccccc1)C(=O)CCC(NC(=O)C(Cc1ccccc1)NC(=O)OC(C)(C)C)C(=O)OC. The van der Waals surface area contributed by atoms with E-state index in [9.17, 15) is 19.2 Å². The molecule has 2 aromatic carbocycles. The van der Waals surface area contributed by atoms with Crippen molar-refractivity contribution in [2.75, 3.05) is 20.2 Å². The smallest absolute Gasteiger partial charge is 0.408 e. The van der Waals surface area contributed by atoms with Crippen molar-refractivity contribution in [1.82, 2.24) is 15.5 Å². The van der Waals surface area contributed by atoms with Gasteiger partial charge in [-0.05, 0) is 44.7 Å². The predicted molar refractivity (Wildman–Crippen MR) is 153 cm³/mol. The zero-order chi connectivity index (χ0) is 29.5. The molecule has 0 heterocycles. The van der Waals surface area contributed by atoms with E-state index in [0.29, 0.717) is 19.5 Å². The third-order valence-corrected chi connectivity index (χ3v) is 5.95. The van der Waals surface area contributed by atoms with Crippen molar-refractivity contribution in [1.29, 1.82) is 0 Å². The van der Waals surface area contributed by atoms with Gasteiger partial charge in [0.05, 0.1) is 7.11 Å². The van der Waals surface area contributed by atoms with Gasteiger partial charge in [-0.15, -0.1) is 6.58 Å². The van der Waals surface area contributed by atoms with Gasteiger partial charge >= 0.3 is 12.1 Å². The van der Waals surface area contributed by atoms with Gasteiger partial charge < -0.3 is 25.0 Å². The van der Waals surface area contributed by atoms with Gasteiger partial charge in [0.15, 0.2) is 0 Å². The lowest BCUT2D eigenvalue weighted by atomic mass is 10.0. The highest BCUT2D eigenvalue weighted by Gasteiger charge is 2.30. The quantitative estimate of drug-likeness (QED) is 0.273. The molecule has 0 aliphatic rings. The average molecular weight is 552 g/mol. The highest BCUT2D eigenvalue weighted by atomic mass is 16.6. The third kappa shape index (κ3) is 11.7. The van der Waals surface area contributed by atoms with E-state index in [2.05, 4.69) is 17.2 Å². The van der Waals surface area contributed by atoms with Gasteiger partial charge in [0, 0.05) is 25.9 Å². The minimum atomic E-state index is -1.08. The van der Waals surface area contributed by atoms with E-state index in [-0.39, 0.29) is 25.2 Å². The number of alkyl carbamates (subject to hydrolysis) is 1. The number of nitrogens with one attached hydrogen (secondary N) is 2. The Kier molecular flexibility index (Phi) is 12.9. The first-order valence-electron chi connectivity index (χ1n) is 13.4. The van der Waals surface area contributed by atoms with Crippen LogP contribution >= 0.6 is 0 Å². The van der Waals surface area contributed by atoms with Crippen molar-refractivity contribution >= 4 is 23.9 Å². The molecule has 0 saturated carbocycles. The molecule has 0 aliphatic carbocycles. The van der Waals surface area contributed by atoms with Crippen LogP contribution in [0.3, 0.4) is 0 Å². The number of esters is 1. The monoisotopic (exact) mass is 551 g/mol. The topological polar surface area (TPSA) is 114 Å². The van der Waals surface area contributed by atoms with Gasteiger partial charge in [0.2, 0.25) is 11.8 Å².